The minimum Gasteiger partial charge on any atom is -0.497 e. The number of nitrogens with zero attached hydrogens (tertiary/aromatic N) is 2. The number of thiophene rings is 1. The number of ether oxygens (including phenoxy) is 1. The van der Waals surface area contributed by atoms with E-state index in [4.69, 9.17) is 9.72 Å². The van der Waals surface area contributed by atoms with Crippen LogP contribution in [0.3, 0.4) is 0 Å². The van der Waals surface area contributed by atoms with Gasteiger partial charge >= 0.3 is 0 Å². The van der Waals surface area contributed by atoms with Crippen LogP contribution in [-0.4, -0.2) is 16.7 Å². The van der Waals surface area contributed by atoms with Crippen LogP contribution >= 0.6 is 23.1 Å². The van der Waals surface area contributed by atoms with Gasteiger partial charge < -0.3 is 4.74 Å². The summed E-state index contributed by atoms with van der Waals surface area (Å²) in [4.78, 5) is 17.8. The second-order valence-corrected chi connectivity index (χ2v) is 7.90. The van der Waals surface area contributed by atoms with Crippen LogP contribution in [0.1, 0.15) is 11.1 Å². The molecule has 0 saturated carbocycles. The predicted octanol–water partition coefficient (Wildman–Crippen LogP) is 4.81. The van der Waals surface area contributed by atoms with Gasteiger partial charge in [0.2, 0.25) is 0 Å². The third-order valence-electron chi connectivity index (χ3n) is 4.24. The van der Waals surface area contributed by atoms with E-state index < -0.39 is 0 Å². The number of rotatable bonds is 6. The standard InChI is InChI=1S/C21H18N2O2S2/c1-25-17-9-7-15(8-10-17)13-23-20(24)19-18(11-12-26-19)22-21(23)27-14-16-5-3-2-4-6-16/h2-12H,13-14H2,1H3. The maximum absolute atomic E-state index is 13.0. The number of hydrogen-bond donors (Lipinski definition) is 0. The molecule has 0 bridgehead atoms. The zero-order valence-electron chi connectivity index (χ0n) is 14.8. The Balaban J connectivity index is 1.69. The molecule has 2 aromatic heterocycles. The molecular weight excluding hydrogens is 376 g/mol. The summed E-state index contributed by atoms with van der Waals surface area (Å²) in [7, 11) is 1.65. The predicted molar refractivity (Wildman–Crippen MR) is 112 cm³/mol. The quantitative estimate of drug-likeness (QED) is 0.348. The van der Waals surface area contributed by atoms with Gasteiger partial charge in [0.15, 0.2) is 5.16 Å². The van der Waals surface area contributed by atoms with Gasteiger partial charge in [-0.25, -0.2) is 4.98 Å². The van der Waals surface area contributed by atoms with Gasteiger partial charge in [0.1, 0.15) is 10.4 Å². The highest BCUT2D eigenvalue weighted by molar-refractivity contribution is 7.98. The molecule has 2 heterocycles. The largest absolute Gasteiger partial charge is 0.497 e. The summed E-state index contributed by atoms with van der Waals surface area (Å²) < 4.78 is 7.69. The van der Waals surface area contributed by atoms with Crippen molar-refractivity contribution in [1.29, 1.82) is 0 Å². The molecule has 4 nitrogen and oxygen atoms in total. The van der Waals surface area contributed by atoms with Crippen LogP contribution in [0.2, 0.25) is 0 Å². The monoisotopic (exact) mass is 394 g/mol. The average molecular weight is 395 g/mol. The van der Waals surface area contributed by atoms with Crippen molar-refractivity contribution in [3.05, 3.63) is 87.5 Å². The Labute approximate surface area is 165 Å². The highest BCUT2D eigenvalue weighted by Crippen LogP contribution is 2.25. The highest BCUT2D eigenvalue weighted by atomic mass is 32.2. The van der Waals surface area contributed by atoms with E-state index in [0.717, 1.165) is 27.7 Å². The molecule has 0 aliphatic carbocycles. The van der Waals surface area contributed by atoms with Crippen molar-refractivity contribution in [2.75, 3.05) is 7.11 Å². The maximum atomic E-state index is 13.0. The molecule has 0 fully saturated rings. The lowest BCUT2D eigenvalue weighted by Gasteiger charge is -2.12. The Morgan fingerprint density at radius 3 is 2.56 bits per heavy atom. The van der Waals surface area contributed by atoms with E-state index in [1.54, 1.807) is 23.4 Å². The SMILES string of the molecule is COc1ccc(Cn2c(SCc3ccccc3)nc3ccsc3c2=O)cc1. The average Bonchev–Trinajstić information content (AvgIpc) is 3.19. The van der Waals surface area contributed by atoms with Crippen LogP contribution in [0.5, 0.6) is 5.75 Å². The normalized spacial score (nSPS) is 11.0. The van der Waals surface area contributed by atoms with Gasteiger partial charge in [-0.1, -0.05) is 54.2 Å². The van der Waals surface area contributed by atoms with Gasteiger partial charge in [-0.3, -0.25) is 9.36 Å². The molecule has 0 unspecified atom stereocenters. The van der Waals surface area contributed by atoms with Crippen molar-refractivity contribution in [2.24, 2.45) is 0 Å². The van der Waals surface area contributed by atoms with Gasteiger partial charge in [-0.15, -0.1) is 11.3 Å². The van der Waals surface area contributed by atoms with Gasteiger partial charge in [-0.2, -0.15) is 0 Å². The Kier molecular flexibility index (Phi) is 5.27. The van der Waals surface area contributed by atoms with Gasteiger partial charge in [0.05, 0.1) is 19.2 Å². The lowest BCUT2D eigenvalue weighted by Crippen LogP contribution is -2.23. The van der Waals surface area contributed by atoms with Crippen LogP contribution < -0.4 is 10.3 Å². The van der Waals surface area contributed by atoms with Crippen molar-refractivity contribution in [2.45, 2.75) is 17.5 Å². The summed E-state index contributed by atoms with van der Waals surface area (Å²) >= 11 is 3.03. The second kappa shape index (κ2) is 7.98. The Morgan fingerprint density at radius 1 is 1.04 bits per heavy atom. The fourth-order valence-corrected chi connectivity index (χ4v) is 4.54. The number of benzene rings is 2. The first kappa shape index (κ1) is 17.8. The Hall–Kier alpha value is -2.57. The van der Waals surface area contributed by atoms with Crippen molar-refractivity contribution in [3.63, 3.8) is 0 Å². The number of fused-ring (bicyclic) bond motifs is 1. The lowest BCUT2D eigenvalue weighted by molar-refractivity contribution is 0.414. The zero-order chi connectivity index (χ0) is 18.6. The van der Waals surface area contributed by atoms with Crippen LogP contribution in [0, 0.1) is 0 Å². The summed E-state index contributed by atoms with van der Waals surface area (Å²) in [5.41, 5.74) is 3.03. The lowest BCUT2D eigenvalue weighted by atomic mass is 10.2. The highest BCUT2D eigenvalue weighted by Gasteiger charge is 2.13. The fourth-order valence-electron chi connectivity index (χ4n) is 2.81. The van der Waals surface area contributed by atoms with Crippen molar-refractivity contribution >= 4 is 33.3 Å². The topological polar surface area (TPSA) is 44.1 Å². The van der Waals surface area contributed by atoms with Crippen LogP contribution in [0.25, 0.3) is 10.2 Å². The van der Waals surface area contributed by atoms with Gasteiger partial charge in [-0.05, 0) is 34.7 Å². The minimum atomic E-state index is 0.0152. The molecule has 0 aliphatic rings. The summed E-state index contributed by atoms with van der Waals surface area (Å²) in [6, 6.07) is 19.9. The smallest absolute Gasteiger partial charge is 0.272 e. The first-order valence-electron chi connectivity index (χ1n) is 8.52. The summed E-state index contributed by atoms with van der Waals surface area (Å²) in [6.07, 6.45) is 0. The maximum Gasteiger partial charge on any atom is 0.272 e. The van der Waals surface area contributed by atoms with E-state index >= 15 is 0 Å². The van der Waals surface area contributed by atoms with Crippen LogP contribution in [-0.2, 0) is 12.3 Å². The zero-order valence-corrected chi connectivity index (χ0v) is 16.4. The molecule has 2 aromatic carbocycles. The minimum absolute atomic E-state index is 0.0152. The molecule has 0 amide bonds. The first-order chi connectivity index (χ1) is 13.2. The van der Waals surface area contributed by atoms with E-state index in [2.05, 4.69) is 12.1 Å². The molecule has 0 saturated heterocycles. The molecule has 0 atom stereocenters. The molecule has 0 aliphatic heterocycles. The molecule has 6 heteroatoms. The van der Waals surface area contributed by atoms with E-state index in [1.807, 2.05) is 53.9 Å². The molecule has 0 spiro atoms. The van der Waals surface area contributed by atoms with E-state index in [9.17, 15) is 4.79 Å². The number of thioether (sulfide) groups is 1. The summed E-state index contributed by atoms with van der Waals surface area (Å²) in [5.74, 6) is 1.57. The van der Waals surface area contributed by atoms with E-state index in [1.165, 1.54) is 16.9 Å². The number of hydrogen-bond acceptors (Lipinski definition) is 5. The first-order valence-corrected chi connectivity index (χ1v) is 10.4. The van der Waals surface area contributed by atoms with Crippen LogP contribution in [0.15, 0.2) is 76.0 Å². The molecule has 0 N–H and O–H groups in total. The van der Waals surface area contributed by atoms with Crippen molar-refractivity contribution < 1.29 is 4.74 Å². The molecule has 4 aromatic rings. The number of methoxy groups -OCH3 is 1. The van der Waals surface area contributed by atoms with Gasteiger partial charge in [0, 0.05) is 5.75 Å². The molecular formula is C21H18N2O2S2. The van der Waals surface area contributed by atoms with Crippen LogP contribution in [0.4, 0.5) is 0 Å². The summed E-state index contributed by atoms with van der Waals surface area (Å²) in [6.45, 7) is 0.487. The molecule has 136 valence electrons. The Bertz CT molecular complexity index is 1100. The molecule has 0 radical (unpaired) electrons. The van der Waals surface area contributed by atoms with Crippen molar-refractivity contribution in [1.82, 2.24) is 9.55 Å². The molecule has 4 rings (SSSR count). The van der Waals surface area contributed by atoms with Gasteiger partial charge in [0.25, 0.3) is 5.56 Å². The second-order valence-electron chi connectivity index (χ2n) is 6.04. The number of aromatic nitrogens is 2. The van der Waals surface area contributed by atoms with Crippen molar-refractivity contribution in [3.8, 4) is 5.75 Å². The third kappa shape index (κ3) is 3.91. The van der Waals surface area contributed by atoms with E-state index in [0.29, 0.717) is 11.2 Å². The third-order valence-corrected chi connectivity index (χ3v) is 6.18. The summed E-state index contributed by atoms with van der Waals surface area (Å²) in [5, 5.41) is 2.66. The fraction of sp³-hybridized carbons (Fsp3) is 0.143. The van der Waals surface area contributed by atoms with E-state index in [-0.39, 0.29) is 5.56 Å². The Morgan fingerprint density at radius 2 is 1.81 bits per heavy atom. The molecule has 27 heavy (non-hydrogen) atoms.